The Bertz CT molecular complexity index is 651. The maximum Gasteiger partial charge on any atom is 0.256 e. The summed E-state index contributed by atoms with van der Waals surface area (Å²) in [4.78, 5) is 19.3. The molecule has 4 nitrogen and oxygen atoms in total. The Balaban J connectivity index is 1.49. The standard InChI is InChI=1S/C18H23N3O/c19-17-5-12-1-3-18(8-12,9-13(6-17)7-17)21-11-14-2-4-20-10-15(14)16(21)22/h2,4,10,12-13H,1,3,5-9,11,19H2. The highest BCUT2D eigenvalue weighted by Crippen LogP contribution is 2.56. The van der Waals surface area contributed by atoms with Crippen molar-refractivity contribution in [2.75, 3.05) is 0 Å². The number of nitrogens with two attached hydrogens (primary N) is 1. The summed E-state index contributed by atoms with van der Waals surface area (Å²) in [5.41, 5.74) is 8.69. The molecule has 22 heavy (non-hydrogen) atoms. The van der Waals surface area contributed by atoms with E-state index in [1.165, 1.54) is 25.7 Å². The fraction of sp³-hybridized carbons (Fsp3) is 0.667. The second-order valence-electron chi connectivity index (χ2n) is 8.30. The third-order valence-electron chi connectivity index (χ3n) is 6.73. The lowest BCUT2D eigenvalue weighted by molar-refractivity contribution is 0.00591. The Hall–Kier alpha value is -1.42. The zero-order valence-corrected chi connectivity index (χ0v) is 12.9. The summed E-state index contributed by atoms with van der Waals surface area (Å²) < 4.78 is 0. The van der Waals surface area contributed by atoms with Crippen LogP contribution in [0, 0.1) is 11.8 Å². The third kappa shape index (κ3) is 1.67. The van der Waals surface area contributed by atoms with Gasteiger partial charge in [-0.3, -0.25) is 9.78 Å². The Morgan fingerprint density at radius 1 is 1.18 bits per heavy atom. The molecule has 1 amide bonds. The van der Waals surface area contributed by atoms with Crippen molar-refractivity contribution >= 4 is 5.91 Å². The molecule has 0 aromatic carbocycles. The maximum atomic E-state index is 12.9. The first-order chi connectivity index (χ1) is 10.6. The SMILES string of the molecule is NC12CC3CCC(N4Cc5ccncc5C4=O)(C3)CC(C1)C2. The number of aromatic nitrogens is 1. The summed E-state index contributed by atoms with van der Waals surface area (Å²) in [7, 11) is 0. The molecule has 4 aliphatic carbocycles. The van der Waals surface area contributed by atoms with E-state index in [0.717, 1.165) is 42.9 Å². The van der Waals surface area contributed by atoms with Crippen molar-refractivity contribution in [2.24, 2.45) is 17.6 Å². The fourth-order valence-corrected chi connectivity index (χ4v) is 5.97. The van der Waals surface area contributed by atoms with Crippen LogP contribution in [0.2, 0.25) is 0 Å². The van der Waals surface area contributed by atoms with Gasteiger partial charge in [0, 0.05) is 30.0 Å². The van der Waals surface area contributed by atoms with E-state index < -0.39 is 0 Å². The maximum absolute atomic E-state index is 12.9. The van der Waals surface area contributed by atoms with Crippen molar-refractivity contribution in [2.45, 2.75) is 62.6 Å². The first-order valence-corrected chi connectivity index (χ1v) is 8.61. The molecule has 2 N–H and O–H groups in total. The average molecular weight is 297 g/mol. The first kappa shape index (κ1) is 13.1. The molecule has 116 valence electrons. The van der Waals surface area contributed by atoms with Gasteiger partial charge in [0.05, 0.1) is 5.56 Å². The van der Waals surface area contributed by atoms with Gasteiger partial charge in [0.25, 0.3) is 5.91 Å². The lowest BCUT2D eigenvalue weighted by Gasteiger charge is -2.53. The molecule has 4 heteroatoms. The van der Waals surface area contributed by atoms with Crippen LogP contribution in [0.5, 0.6) is 0 Å². The van der Waals surface area contributed by atoms with Crippen molar-refractivity contribution in [3.63, 3.8) is 0 Å². The number of hydrogen-bond donors (Lipinski definition) is 1. The zero-order valence-electron chi connectivity index (χ0n) is 12.9. The van der Waals surface area contributed by atoms with Crippen LogP contribution in [0.25, 0.3) is 0 Å². The van der Waals surface area contributed by atoms with E-state index in [2.05, 4.69) is 9.88 Å². The van der Waals surface area contributed by atoms with Gasteiger partial charge in [-0.05, 0) is 68.4 Å². The number of hydrogen-bond acceptors (Lipinski definition) is 3. The minimum Gasteiger partial charge on any atom is -0.329 e. The number of amides is 1. The zero-order chi connectivity index (χ0) is 14.9. The number of carbonyl (C=O) groups is 1. The van der Waals surface area contributed by atoms with Gasteiger partial charge in [-0.2, -0.15) is 0 Å². The van der Waals surface area contributed by atoms with Gasteiger partial charge in [-0.15, -0.1) is 0 Å². The summed E-state index contributed by atoms with van der Waals surface area (Å²) in [5.74, 6) is 1.64. The number of fused-ring (bicyclic) bond motifs is 1. The molecule has 0 spiro atoms. The predicted molar refractivity (Wildman–Crippen MR) is 83.1 cm³/mol. The van der Waals surface area contributed by atoms with Gasteiger partial charge in [0.1, 0.15) is 0 Å². The average Bonchev–Trinajstić information content (AvgIpc) is 3.01. The van der Waals surface area contributed by atoms with E-state index in [1.807, 2.05) is 6.07 Å². The summed E-state index contributed by atoms with van der Waals surface area (Å²) >= 11 is 0. The molecule has 0 radical (unpaired) electrons. The van der Waals surface area contributed by atoms with Crippen molar-refractivity contribution in [1.29, 1.82) is 0 Å². The van der Waals surface area contributed by atoms with Gasteiger partial charge in [0.2, 0.25) is 0 Å². The highest BCUT2D eigenvalue weighted by atomic mass is 16.2. The second kappa shape index (κ2) is 4.10. The minimum absolute atomic E-state index is 0.0905. The second-order valence-corrected chi connectivity index (χ2v) is 8.30. The Morgan fingerprint density at radius 2 is 1.95 bits per heavy atom. The van der Waals surface area contributed by atoms with Gasteiger partial charge < -0.3 is 10.6 Å². The molecular formula is C18H23N3O. The molecule has 6 rings (SSSR count). The van der Waals surface area contributed by atoms with E-state index in [-0.39, 0.29) is 17.0 Å². The highest BCUT2D eigenvalue weighted by molar-refractivity contribution is 5.98. The Labute approximate surface area is 131 Å². The molecular weight excluding hydrogens is 274 g/mol. The quantitative estimate of drug-likeness (QED) is 0.866. The van der Waals surface area contributed by atoms with Crippen molar-refractivity contribution in [3.05, 3.63) is 29.6 Å². The van der Waals surface area contributed by atoms with Crippen LogP contribution in [0.4, 0.5) is 0 Å². The van der Waals surface area contributed by atoms with Crippen LogP contribution in [-0.4, -0.2) is 26.9 Å². The normalized spacial score (nSPS) is 42.6. The van der Waals surface area contributed by atoms with Crippen LogP contribution in [0.15, 0.2) is 18.5 Å². The van der Waals surface area contributed by atoms with E-state index in [4.69, 9.17) is 5.73 Å². The van der Waals surface area contributed by atoms with Crippen LogP contribution >= 0.6 is 0 Å². The van der Waals surface area contributed by atoms with E-state index in [1.54, 1.807) is 12.4 Å². The third-order valence-corrected chi connectivity index (χ3v) is 6.73. The summed E-state index contributed by atoms with van der Waals surface area (Å²) in [6.07, 6.45) is 11.8. The fourth-order valence-electron chi connectivity index (χ4n) is 5.97. The molecule has 1 aromatic rings. The molecule has 4 bridgehead atoms. The predicted octanol–water partition coefficient (Wildman–Crippen LogP) is 2.48. The highest BCUT2D eigenvalue weighted by Gasteiger charge is 2.56. The Morgan fingerprint density at radius 3 is 2.77 bits per heavy atom. The van der Waals surface area contributed by atoms with E-state index in [0.29, 0.717) is 5.92 Å². The number of carbonyl (C=O) groups excluding carboxylic acids is 1. The largest absolute Gasteiger partial charge is 0.329 e. The van der Waals surface area contributed by atoms with Crippen LogP contribution in [-0.2, 0) is 6.54 Å². The molecule has 4 saturated carbocycles. The Kier molecular flexibility index (Phi) is 2.44. The van der Waals surface area contributed by atoms with E-state index in [9.17, 15) is 4.79 Å². The number of nitrogens with zero attached hydrogens (tertiary/aromatic N) is 2. The lowest BCUT2D eigenvalue weighted by Crippen LogP contribution is -2.58. The molecule has 0 saturated heterocycles. The molecule has 2 heterocycles. The minimum atomic E-state index is 0.0905. The monoisotopic (exact) mass is 297 g/mol. The van der Waals surface area contributed by atoms with Crippen LogP contribution in [0.1, 0.15) is 60.9 Å². The van der Waals surface area contributed by atoms with Crippen LogP contribution in [0.3, 0.4) is 0 Å². The summed E-state index contributed by atoms with van der Waals surface area (Å²) in [6, 6.07) is 2.01. The molecule has 2 atom stereocenters. The first-order valence-electron chi connectivity index (χ1n) is 8.61. The van der Waals surface area contributed by atoms with Gasteiger partial charge in [-0.1, -0.05) is 0 Å². The molecule has 1 aromatic heterocycles. The molecule has 4 fully saturated rings. The molecule has 1 aliphatic heterocycles. The smallest absolute Gasteiger partial charge is 0.256 e. The van der Waals surface area contributed by atoms with Gasteiger partial charge in [-0.25, -0.2) is 0 Å². The van der Waals surface area contributed by atoms with Crippen LogP contribution < -0.4 is 5.73 Å². The number of rotatable bonds is 1. The van der Waals surface area contributed by atoms with Gasteiger partial charge in [0.15, 0.2) is 0 Å². The van der Waals surface area contributed by atoms with Crippen molar-refractivity contribution in [1.82, 2.24) is 9.88 Å². The van der Waals surface area contributed by atoms with Gasteiger partial charge >= 0.3 is 0 Å². The molecule has 5 aliphatic rings. The number of pyridine rings is 1. The van der Waals surface area contributed by atoms with Crippen molar-refractivity contribution < 1.29 is 4.79 Å². The summed E-state index contributed by atoms with van der Waals surface area (Å²) in [6.45, 7) is 0.782. The summed E-state index contributed by atoms with van der Waals surface area (Å²) in [5, 5.41) is 0. The molecule has 2 unspecified atom stereocenters. The van der Waals surface area contributed by atoms with E-state index >= 15 is 0 Å². The lowest BCUT2D eigenvalue weighted by atomic mass is 9.59. The topological polar surface area (TPSA) is 59.2 Å². The van der Waals surface area contributed by atoms with Crippen molar-refractivity contribution in [3.8, 4) is 0 Å².